The van der Waals surface area contributed by atoms with E-state index in [1.807, 2.05) is 60.4 Å². The largest absolute Gasteiger partial charge is 0.439 e. The maximum absolute atomic E-state index is 12.8. The van der Waals surface area contributed by atoms with E-state index in [0.29, 0.717) is 41.8 Å². The molecule has 0 saturated carbocycles. The van der Waals surface area contributed by atoms with Gasteiger partial charge < -0.3 is 14.5 Å². The number of piperazine rings is 1. The number of hydrogen-bond acceptors (Lipinski definition) is 5. The van der Waals surface area contributed by atoms with Crippen molar-refractivity contribution in [1.82, 2.24) is 14.9 Å². The highest BCUT2D eigenvalue weighted by molar-refractivity contribution is 6.31. The predicted molar refractivity (Wildman–Crippen MR) is 117 cm³/mol. The molecule has 1 aromatic heterocycles. The Morgan fingerprint density at radius 3 is 2.63 bits per heavy atom. The lowest BCUT2D eigenvalue weighted by molar-refractivity contribution is 0.0673. The number of carbonyl (C=O) groups excluding carboxylic acids is 1. The van der Waals surface area contributed by atoms with Crippen molar-refractivity contribution in [1.29, 1.82) is 0 Å². The highest BCUT2D eigenvalue weighted by atomic mass is 35.5. The summed E-state index contributed by atoms with van der Waals surface area (Å²) in [7, 11) is 0. The Balaban J connectivity index is 1.45. The Labute approximate surface area is 181 Å². The average molecular weight is 423 g/mol. The van der Waals surface area contributed by atoms with Gasteiger partial charge in [-0.05, 0) is 49.7 Å². The number of halogens is 1. The van der Waals surface area contributed by atoms with Crippen LogP contribution in [-0.2, 0) is 0 Å². The number of aromatic nitrogens is 2. The van der Waals surface area contributed by atoms with Gasteiger partial charge in [0.15, 0.2) is 0 Å². The molecule has 1 amide bonds. The summed E-state index contributed by atoms with van der Waals surface area (Å²) >= 11 is 6.08. The van der Waals surface area contributed by atoms with Crippen LogP contribution in [0.15, 0.2) is 60.9 Å². The molecule has 2 heterocycles. The van der Waals surface area contributed by atoms with Crippen molar-refractivity contribution in [2.24, 2.45) is 0 Å². The van der Waals surface area contributed by atoms with Crippen molar-refractivity contribution in [2.75, 3.05) is 24.5 Å². The summed E-state index contributed by atoms with van der Waals surface area (Å²) in [5.41, 5.74) is 1.66. The molecule has 3 aromatic rings. The third-order valence-corrected chi connectivity index (χ3v) is 5.64. The van der Waals surface area contributed by atoms with Crippen LogP contribution in [0.2, 0.25) is 5.02 Å². The lowest BCUT2D eigenvalue weighted by Gasteiger charge is -2.40. The van der Waals surface area contributed by atoms with E-state index in [2.05, 4.69) is 21.8 Å². The average Bonchev–Trinajstić information content (AvgIpc) is 2.76. The lowest BCUT2D eigenvalue weighted by Crippen LogP contribution is -2.54. The van der Waals surface area contributed by atoms with E-state index in [1.165, 1.54) is 6.33 Å². The second-order valence-electron chi connectivity index (χ2n) is 7.39. The summed E-state index contributed by atoms with van der Waals surface area (Å²) in [5, 5.41) is 0.697. The molecule has 4 rings (SSSR count). The minimum absolute atomic E-state index is 0.0599. The third kappa shape index (κ3) is 4.39. The summed E-state index contributed by atoms with van der Waals surface area (Å²) in [6.07, 6.45) is 1.50. The minimum Gasteiger partial charge on any atom is -0.439 e. The van der Waals surface area contributed by atoms with Gasteiger partial charge in [-0.3, -0.25) is 4.79 Å². The summed E-state index contributed by atoms with van der Waals surface area (Å²) in [4.78, 5) is 25.5. The van der Waals surface area contributed by atoms with E-state index >= 15 is 0 Å². The van der Waals surface area contributed by atoms with E-state index < -0.39 is 0 Å². The molecule has 7 heteroatoms. The molecule has 0 bridgehead atoms. The number of hydrogen-bond donors (Lipinski definition) is 0. The molecule has 0 spiro atoms. The number of rotatable bonds is 4. The second kappa shape index (κ2) is 8.71. The van der Waals surface area contributed by atoms with Gasteiger partial charge in [0.25, 0.3) is 5.91 Å². The maximum atomic E-state index is 12.8. The van der Waals surface area contributed by atoms with Gasteiger partial charge in [-0.15, -0.1) is 0 Å². The number of ether oxygens (including phenoxy) is 1. The van der Waals surface area contributed by atoms with Crippen LogP contribution in [0.3, 0.4) is 0 Å². The number of nitrogens with zero attached hydrogens (tertiary/aromatic N) is 4. The highest BCUT2D eigenvalue weighted by Gasteiger charge is 2.28. The minimum atomic E-state index is 0.0599. The zero-order valence-electron chi connectivity index (χ0n) is 17.0. The molecule has 1 fully saturated rings. The van der Waals surface area contributed by atoms with Crippen molar-refractivity contribution in [3.63, 3.8) is 0 Å². The molecule has 0 aliphatic carbocycles. The molecule has 2 aromatic carbocycles. The first-order valence-corrected chi connectivity index (χ1v) is 10.3. The topological polar surface area (TPSA) is 58.6 Å². The first kappa shape index (κ1) is 20.2. The van der Waals surface area contributed by atoms with Gasteiger partial charge in [-0.1, -0.05) is 29.8 Å². The van der Waals surface area contributed by atoms with Crippen LogP contribution in [0.25, 0.3) is 0 Å². The number of amides is 1. The van der Waals surface area contributed by atoms with Gasteiger partial charge in [0, 0.05) is 42.3 Å². The Morgan fingerprint density at radius 2 is 1.90 bits per heavy atom. The van der Waals surface area contributed by atoms with Crippen molar-refractivity contribution in [3.8, 4) is 11.6 Å². The first-order valence-electron chi connectivity index (χ1n) is 9.88. The van der Waals surface area contributed by atoms with E-state index in [4.69, 9.17) is 16.3 Å². The molecule has 0 N–H and O–H groups in total. The molecule has 1 saturated heterocycles. The molecule has 1 aliphatic heterocycles. The fraction of sp³-hybridized carbons (Fsp3) is 0.261. The van der Waals surface area contributed by atoms with Crippen LogP contribution in [0.1, 0.15) is 22.8 Å². The van der Waals surface area contributed by atoms with Gasteiger partial charge in [0.1, 0.15) is 17.9 Å². The summed E-state index contributed by atoms with van der Waals surface area (Å²) in [6, 6.07) is 16.8. The quantitative estimate of drug-likeness (QED) is 0.615. The summed E-state index contributed by atoms with van der Waals surface area (Å²) in [5.74, 6) is 1.99. The first-order chi connectivity index (χ1) is 14.5. The van der Waals surface area contributed by atoms with E-state index in [1.54, 1.807) is 6.07 Å². The number of anilines is 1. The molecule has 1 atom stereocenters. The van der Waals surface area contributed by atoms with Gasteiger partial charge >= 0.3 is 0 Å². The Bertz CT molecular complexity index is 1040. The lowest BCUT2D eigenvalue weighted by atomic mass is 10.1. The molecule has 1 aliphatic rings. The Morgan fingerprint density at radius 1 is 1.10 bits per heavy atom. The van der Waals surface area contributed by atoms with Crippen LogP contribution < -0.4 is 9.64 Å². The fourth-order valence-corrected chi connectivity index (χ4v) is 3.69. The standard InChI is InChI=1S/C23H23ClN4O2/c1-16-12-19(8-9-20(16)24)30-22-13-21(25-15-26-22)27-10-11-28(17(2)14-27)23(29)18-6-4-3-5-7-18/h3-9,12-13,15,17H,10-11,14H2,1-2H3/t17-/m1/s1. The molecule has 30 heavy (non-hydrogen) atoms. The molecule has 154 valence electrons. The normalized spacial score (nSPS) is 16.4. The van der Waals surface area contributed by atoms with Gasteiger partial charge in [0.05, 0.1) is 0 Å². The van der Waals surface area contributed by atoms with Crippen molar-refractivity contribution >= 4 is 23.3 Å². The van der Waals surface area contributed by atoms with Crippen molar-refractivity contribution < 1.29 is 9.53 Å². The predicted octanol–water partition coefficient (Wildman–Crippen LogP) is 4.58. The zero-order chi connectivity index (χ0) is 21.1. The summed E-state index contributed by atoms with van der Waals surface area (Å²) < 4.78 is 5.89. The Kier molecular flexibility index (Phi) is 5.86. The SMILES string of the molecule is Cc1cc(Oc2cc(N3CCN(C(=O)c4ccccc4)[C@H](C)C3)ncn2)ccc1Cl. The van der Waals surface area contributed by atoms with Gasteiger partial charge in [-0.25, -0.2) is 9.97 Å². The Hall–Kier alpha value is -3.12. The van der Waals surface area contributed by atoms with Gasteiger partial charge in [-0.2, -0.15) is 0 Å². The van der Waals surface area contributed by atoms with Crippen LogP contribution in [0.5, 0.6) is 11.6 Å². The second-order valence-corrected chi connectivity index (χ2v) is 7.79. The third-order valence-electron chi connectivity index (χ3n) is 5.21. The molecule has 0 unspecified atom stereocenters. The van der Waals surface area contributed by atoms with Crippen molar-refractivity contribution in [3.05, 3.63) is 77.1 Å². The van der Waals surface area contributed by atoms with E-state index in [-0.39, 0.29) is 11.9 Å². The number of carbonyl (C=O) groups is 1. The van der Waals surface area contributed by atoms with Gasteiger partial charge in [0.2, 0.25) is 5.88 Å². The number of benzene rings is 2. The van der Waals surface area contributed by atoms with E-state index in [0.717, 1.165) is 11.4 Å². The molecule has 6 nitrogen and oxygen atoms in total. The maximum Gasteiger partial charge on any atom is 0.254 e. The van der Waals surface area contributed by atoms with Crippen LogP contribution in [-0.4, -0.2) is 46.5 Å². The monoisotopic (exact) mass is 422 g/mol. The van der Waals surface area contributed by atoms with Crippen molar-refractivity contribution in [2.45, 2.75) is 19.9 Å². The zero-order valence-corrected chi connectivity index (χ0v) is 17.7. The van der Waals surface area contributed by atoms with Crippen LogP contribution in [0.4, 0.5) is 5.82 Å². The molecular formula is C23H23ClN4O2. The molecule has 0 radical (unpaired) electrons. The van der Waals surface area contributed by atoms with Crippen LogP contribution in [0, 0.1) is 6.92 Å². The summed E-state index contributed by atoms with van der Waals surface area (Å²) in [6.45, 7) is 6.00. The number of aryl methyl sites for hydroxylation is 1. The highest BCUT2D eigenvalue weighted by Crippen LogP contribution is 2.27. The smallest absolute Gasteiger partial charge is 0.254 e. The molecular weight excluding hydrogens is 400 g/mol. The van der Waals surface area contributed by atoms with Crippen LogP contribution >= 0.6 is 11.6 Å². The van der Waals surface area contributed by atoms with E-state index in [9.17, 15) is 4.79 Å². The fourth-order valence-electron chi connectivity index (χ4n) is 3.57.